The van der Waals surface area contributed by atoms with Crippen LogP contribution in [0.25, 0.3) is 5.69 Å². The van der Waals surface area contributed by atoms with Gasteiger partial charge in [-0.1, -0.05) is 0 Å². The largest absolute Gasteiger partial charge is 0.377 e. The van der Waals surface area contributed by atoms with Gasteiger partial charge in [0.05, 0.1) is 0 Å². The number of anilines is 1. The Morgan fingerprint density at radius 2 is 1.42 bits per heavy atom. The summed E-state index contributed by atoms with van der Waals surface area (Å²) in [4.78, 5) is 4.27. The maximum Gasteiger partial charge on any atom is 0.292 e. The average molecular weight is 272 g/mol. The van der Waals surface area contributed by atoms with Crippen molar-refractivity contribution in [2.75, 3.05) is 19.0 Å². The normalized spacial score (nSPS) is 10.6. The van der Waals surface area contributed by atoms with E-state index in [2.05, 4.69) is 4.98 Å². The lowest BCUT2D eigenvalue weighted by atomic mass is 10.3. The number of nitrogens with zero attached hydrogens (tertiary/aromatic N) is 3. The molecule has 0 spiro atoms. The highest BCUT2D eigenvalue weighted by molar-refractivity contribution is 5.42. The van der Waals surface area contributed by atoms with Gasteiger partial charge >= 0.3 is 0 Å². The van der Waals surface area contributed by atoms with Crippen LogP contribution < -0.4 is 9.47 Å². The highest BCUT2D eigenvalue weighted by atomic mass is 19.2. The highest BCUT2D eigenvalue weighted by Crippen LogP contribution is 2.17. The molecule has 0 unspecified atom stereocenters. The zero-order valence-electron chi connectivity index (χ0n) is 10.2. The molecule has 0 aliphatic rings. The van der Waals surface area contributed by atoms with Crippen LogP contribution in [0.1, 0.15) is 0 Å². The SMILES string of the molecule is CN(C)c1cc[n+](-c2c(F)c(F)nc(F)c2F)cc1. The lowest BCUT2D eigenvalue weighted by molar-refractivity contribution is -0.600. The van der Waals surface area contributed by atoms with Gasteiger partial charge in [0.15, 0.2) is 12.4 Å². The first-order valence-electron chi connectivity index (χ1n) is 5.31. The predicted molar refractivity (Wildman–Crippen MR) is 59.9 cm³/mol. The van der Waals surface area contributed by atoms with Gasteiger partial charge in [-0.25, -0.2) is 0 Å². The summed E-state index contributed by atoms with van der Waals surface area (Å²) in [5, 5.41) is 0. The monoisotopic (exact) mass is 272 g/mol. The standard InChI is InChI=1S/C12H10F4N3/c1-18(2)7-3-5-19(6-4-7)10-8(13)11(15)17-12(16)9(10)14/h3-6H,1-2H3/q+1. The Labute approximate surface area is 106 Å². The second kappa shape index (κ2) is 4.83. The molecule has 0 aromatic carbocycles. The first-order chi connectivity index (χ1) is 8.91. The zero-order chi connectivity index (χ0) is 14.2. The van der Waals surface area contributed by atoms with Crippen molar-refractivity contribution in [2.24, 2.45) is 0 Å². The Bertz CT molecular complexity index is 585. The third-order valence-electron chi connectivity index (χ3n) is 2.56. The van der Waals surface area contributed by atoms with E-state index in [4.69, 9.17) is 0 Å². The fourth-order valence-corrected chi connectivity index (χ4v) is 1.57. The van der Waals surface area contributed by atoms with E-state index in [0.717, 1.165) is 10.3 Å². The van der Waals surface area contributed by atoms with Crippen LogP contribution in [0, 0.1) is 23.5 Å². The van der Waals surface area contributed by atoms with Crippen molar-refractivity contribution >= 4 is 5.69 Å². The van der Waals surface area contributed by atoms with Crippen molar-refractivity contribution in [3.63, 3.8) is 0 Å². The number of halogens is 4. The third-order valence-corrected chi connectivity index (χ3v) is 2.56. The van der Waals surface area contributed by atoms with Crippen LogP contribution in [0.2, 0.25) is 0 Å². The molecular formula is C12H10F4N3+. The van der Waals surface area contributed by atoms with Crippen molar-refractivity contribution in [2.45, 2.75) is 0 Å². The zero-order valence-corrected chi connectivity index (χ0v) is 10.2. The van der Waals surface area contributed by atoms with E-state index >= 15 is 0 Å². The molecule has 0 aliphatic carbocycles. The molecule has 0 saturated heterocycles. The minimum absolute atomic E-state index is 0.770. The first-order valence-corrected chi connectivity index (χ1v) is 5.31. The molecule has 2 heterocycles. The average Bonchev–Trinajstić information content (AvgIpc) is 2.37. The molecule has 0 saturated carbocycles. The molecule has 2 rings (SSSR count). The van der Waals surface area contributed by atoms with E-state index in [-0.39, 0.29) is 0 Å². The quantitative estimate of drug-likeness (QED) is 0.473. The van der Waals surface area contributed by atoms with Gasteiger partial charge in [-0.05, 0) is 0 Å². The molecule has 0 fully saturated rings. The molecular weight excluding hydrogens is 262 g/mol. The summed E-state index contributed by atoms with van der Waals surface area (Å²) in [6, 6.07) is 3.10. The fraction of sp³-hybridized carbons (Fsp3) is 0.167. The van der Waals surface area contributed by atoms with Crippen molar-refractivity contribution in [1.29, 1.82) is 0 Å². The van der Waals surface area contributed by atoms with Gasteiger partial charge in [0.25, 0.3) is 29.2 Å². The van der Waals surface area contributed by atoms with Crippen molar-refractivity contribution in [3.05, 3.63) is 48.1 Å². The summed E-state index contributed by atoms with van der Waals surface area (Å²) in [7, 11) is 3.57. The van der Waals surface area contributed by atoms with Gasteiger partial charge in [0.1, 0.15) is 0 Å². The fourth-order valence-electron chi connectivity index (χ4n) is 1.57. The number of aromatic nitrogens is 2. The smallest absolute Gasteiger partial charge is 0.292 e. The van der Waals surface area contributed by atoms with Gasteiger partial charge in [0.2, 0.25) is 0 Å². The van der Waals surface area contributed by atoms with Crippen molar-refractivity contribution in [1.82, 2.24) is 4.98 Å². The van der Waals surface area contributed by atoms with Crippen molar-refractivity contribution < 1.29 is 22.1 Å². The number of hydrogen-bond acceptors (Lipinski definition) is 2. The van der Waals surface area contributed by atoms with E-state index < -0.39 is 29.2 Å². The lowest BCUT2D eigenvalue weighted by Gasteiger charge is -2.10. The molecule has 100 valence electrons. The van der Waals surface area contributed by atoms with Crippen LogP contribution in [-0.4, -0.2) is 19.1 Å². The van der Waals surface area contributed by atoms with Crippen LogP contribution in [0.4, 0.5) is 23.2 Å². The van der Waals surface area contributed by atoms with E-state index in [1.54, 1.807) is 31.1 Å². The van der Waals surface area contributed by atoms with E-state index in [1.165, 1.54) is 12.4 Å². The molecule has 0 amide bonds. The Hall–Kier alpha value is -2.18. The molecule has 2 aromatic heterocycles. The van der Waals surface area contributed by atoms with Crippen molar-refractivity contribution in [3.8, 4) is 5.69 Å². The van der Waals surface area contributed by atoms with Gasteiger partial charge in [-0.15, -0.1) is 0 Å². The van der Waals surface area contributed by atoms with Gasteiger partial charge in [-0.3, -0.25) is 0 Å². The predicted octanol–water partition coefficient (Wildman–Crippen LogP) is 1.98. The molecule has 19 heavy (non-hydrogen) atoms. The Morgan fingerprint density at radius 3 is 1.84 bits per heavy atom. The molecule has 0 aliphatic heterocycles. The Balaban J connectivity index is 2.59. The molecule has 7 heteroatoms. The molecule has 0 N–H and O–H groups in total. The summed E-state index contributed by atoms with van der Waals surface area (Å²) in [6.45, 7) is 0. The third kappa shape index (κ3) is 2.35. The first kappa shape index (κ1) is 13.3. The summed E-state index contributed by atoms with van der Waals surface area (Å²) in [6.07, 6.45) is 2.60. The van der Waals surface area contributed by atoms with Crippen LogP contribution >= 0.6 is 0 Å². The van der Waals surface area contributed by atoms with Gasteiger partial charge < -0.3 is 4.90 Å². The van der Waals surface area contributed by atoms with E-state index in [9.17, 15) is 17.6 Å². The molecule has 3 nitrogen and oxygen atoms in total. The van der Waals surface area contributed by atoms with Crippen LogP contribution in [0.3, 0.4) is 0 Å². The highest BCUT2D eigenvalue weighted by Gasteiger charge is 2.28. The maximum atomic E-state index is 13.5. The lowest BCUT2D eigenvalue weighted by Crippen LogP contribution is -2.34. The van der Waals surface area contributed by atoms with Gasteiger partial charge in [-0.2, -0.15) is 27.1 Å². The minimum Gasteiger partial charge on any atom is -0.377 e. The number of rotatable bonds is 2. The topological polar surface area (TPSA) is 20.0 Å². The molecule has 0 atom stereocenters. The summed E-state index contributed by atoms with van der Waals surface area (Å²) in [5.41, 5.74) is -0.0672. The van der Waals surface area contributed by atoms with Crippen LogP contribution in [0.15, 0.2) is 24.5 Å². The molecule has 0 bridgehead atoms. The van der Waals surface area contributed by atoms with E-state index in [1.807, 2.05) is 0 Å². The summed E-state index contributed by atoms with van der Waals surface area (Å²) in [5.74, 6) is -6.45. The summed E-state index contributed by atoms with van der Waals surface area (Å²) >= 11 is 0. The molecule has 0 radical (unpaired) electrons. The Kier molecular flexibility index (Phi) is 3.37. The number of pyridine rings is 2. The van der Waals surface area contributed by atoms with E-state index in [0.29, 0.717) is 0 Å². The second-order valence-corrected chi connectivity index (χ2v) is 4.03. The second-order valence-electron chi connectivity index (χ2n) is 4.03. The summed E-state index contributed by atoms with van der Waals surface area (Å²) < 4.78 is 54.0. The maximum absolute atomic E-state index is 13.5. The van der Waals surface area contributed by atoms with Gasteiger partial charge in [0, 0.05) is 31.9 Å². The molecule has 2 aromatic rings. The van der Waals surface area contributed by atoms with Crippen LogP contribution in [0.5, 0.6) is 0 Å². The van der Waals surface area contributed by atoms with Crippen LogP contribution in [-0.2, 0) is 0 Å². The Morgan fingerprint density at radius 1 is 0.947 bits per heavy atom. The number of hydrogen-bond donors (Lipinski definition) is 0. The minimum atomic E-state index is -1.68.